The van der Waals surface area contributed by atoms with Crippen molar-refractivity contribution < 1.29 is 9.47 Å². The van der Waals surface area contributed by atoms with Crippen LogP contribution in [0.5, 0.6) is 0 Å². The molecule has 1 N–H and O–H groups in total. The SMILES string of the molecule is CCOC(OCC)[SiH2]CC(C)NCC(CC)N(CCN(CC)CC)[Si](CC)(CC)CC. The van der Waals surface area contributed by atoms with Crippen LogP contribution < -0.4 is 5.32 Å². The Morgan fingerprint density at radius 2 is 1.39 bits per heavy atom. The number of likely N-dealkylation sites (N-methyl/N-ethyl adjacent to an activating group) is 1. The molecule has 2 unspecified atom stereocenters. The second-order valence-corrected chi connectivity index (χ2v) is 15.8. The molecule has 0 saturated heterocycles. The molecule has 0 radical (unpaired) electrons. The fraction of sp³-hybridized carbons (Fsp3) is 1.00. The van der Waals surface area contributed by atoms with Crippen molar-refractivity contribution in [3.63, 3.8) is 0 Å². The van der Waals surface area contributed by atoms with E-state index >= 15 is 0 Å². The molecule has 188 valence electrons. The number of ether oxygens (including phenoxy) is 2. The third kappa shape index (κ3) is 11.3. The molecule has 0 spiro atoms. The van der Waals surface area contributed by atoms with Gasteiger partial charge in [0.2, 0.25) is 0 Å². The molecule has 0 aliphatic heterocycles. The highest BCUT2D eigenvalue weighted by Crippen LogP contribution is 2.28. The molecule has 0 bridgehead atoms. The van der Waals surface area contributed by atoms with Gasteiger partial charge in [0.1, 0.15) is 14.1 Å². The molecule has 2 atom stereocenters. The van der Waals surface area contributed by atoms with Gasteiger partial charge >= 0.3 is 0 Å². The van der Waals surface area contributed by atoms with Crippen LogP contribution in [0.4, 0.5) is 0 Å². The minimum Gasteiger partial charge on any atom is -0.357 e. The van der Waals surface area contributed by atoms with Crippen molar-refractivity contribution in [2.75, 3.05) is 45.9 Å². The average molecular weight is 476 g/mol. The summed E-state index contributed by atoms with van der Waals surface area (Å²) in [7, 11) is -1.82. The molecule has 0 aromatic rings. The molecule has 7 heteroatoms. The van der Waals surface area contributed by atoms with E-state index < -0.39 is 17.8 Å². The van der Waals surface area contributed by atoms with Crippen LogP contribution in [0.1, 0.15) is 68.7 Å². The molecule has 0 aromatic heterocycles. The molecule has 0 aromatic carbocycles. The Hall–Kier alpha value is 0.234. The van der Waals surface area contributed by atoms with Crippen LogP contribution in [0.2, 0.25) is 24.2 Å². The van der Waals surface area contributed by atoms with Crippen molar-refractivity contribution in [1.82, 2.24) is 14.8 Å². The summed E-state index contributed by atoms with van der Waals surface area (Å²) in [4.78, 5) is 2.59. The van der Waals surface area contributed by atoms with Gasteiger partial charge in [0, 0.05) is 44.9 Å². The third-order valence-corrected chi connectivity index (χ3v) is 15.2. The van der Waals surface area contributed by atoms with E-state index in [4.69, 9.17) is 9.47 Å². The van der Waals surface area contributed by atoms with Crippen LogP contribution in [0, 0.1) is 0 Å². The van der Waals surface area contributed by atoms with E-state index in [0.717, 1.165) is 32.8 Å². The van der Waals surface area contributed by atoms with Gasteiger partial charge < -0.3 is 24.3 Å². The van der Waals surface area contributed by atoms with Crippen LogP contribution in [-0.2, 0) is 9.47 Å². The summed E-state index contributed by atoms with van der Waals surface area (Å²) in [5.41, 5.74) is 0. The molecule has 0 aliphatic rings. The van der Waals surface area contributed by atoms with Crippen molar-refractivity contribution in [3.8, 4) is 0 Å². The Kier molecular flexibility index (Phi) is 18.8. The molecule has 0 amide bonds. The summed E-state index contributed by atoms with van der Waals surface area (Å²) in [5.74, 6) is 0.0760. The first kappa shape index (κ1) is 31.2. The smallest absolute Gasteiger partial charge is 0.134 e. The standard InChI is InChI=1S/C24H57N3O2Si2/c1-10-23(20-25-22(9)21-30-24(28-13-4)29-14-5)27(19-18-26(11-2)12-3)31(15-6,16-7)17-8/h22-25H,10-21,30H2,1-9H3. The number of hydrogen-bond donors (Lipinski definition) is 1. The van der Waals surface area contributed by atoms with Gasteiger partial charge in [-0.3, -0.25) is 0 Å². The molecule has 5 nitrogen and oxygen atoms in total. The molecule has 0 rings (SSSR count). The molecule has 31 heavy (non-hydrogen) atoms. The fourth-order valence-corrected chi connectivity index (χ4v) is 11.0. The van der Waals surface area contributed by atoms with Gasteiger partial charge in [-0.15, -0.1) is 0 Å². The number of nitrogens with one attached hydrogen (secondary N) is 1. The van der Waals surface area contributed by atoms with Crippen molar-refractivity contribution in [3.05, 3.63) is 0 Å². The summed E-state index contributed by atoms with van der Waals surface area (Å²) < 4.78 is 14.6. The lowest BCUT2D eigenvalue weighted by Crippen LogP contribution is -2.60. The fourth-order valence-electron chi connectivity index (χ4n) is 4.84. The highest BCUT2D eigenvalue weighted by molar-refractivity contribution is 6.77. The predicted molar refractivity (Wildman–Crippen MR) is 144 cm³/mol. The minimum absolute atomic E-state index is 0.0760. The summed E-state index contributed by atoms with van der Waals surface area (Å²) in [5, 5.41) is 3.90. The predicted octanol–water partition coefficient (Wildman–Crippen LogP) is 4.34. The van der Waals surface area contributed by atoms with Gasteiger partial charge in [0.25, 0.3) is 0 Å². The highest BCUT2D eigenvalue weighted by atomic mass is 28.3. The normalized spacial score (nSPS) is 15.1. The maximum Gasteiger partial charge on any atom is 0.134 e. The van der Waals surface area contributed by atoms with Crippen molar-refractivity contribution in [2.24, 2.45) is 0 Å². The summed E-state index contributed by atoms with van der Waals surface area (Å²) in [6.07, 6.45) is 1.23. The monoisotopic (exact) mass is 475 g/mol. The van der Waals surface area contributed by atoms with Gasteiger partial charge in [0.15, 0.2) is 0 Å². The van der Waals surface area contributed by atoms with Gasteiger partial charge in [-0.25, -0.2) is 0 Å². The maximum atomic E-state index is 5.79. The van der Waals surface area contributed by atoms with E-state index in [2.05, 4.69) is 77.1 Å². The highest BCUT2D eigenvalue weighted by Gasteiger charge is 2.38. The zero-order chi connectivity index (χ0) is 23.7. The van der Waals surface area contributed by atoms with Gasteiger partial charge in [-0.1, -0.05) is 48.5 Å². The molecule has 0 fully saturated rings. The molecular weight excluding hydrogens is 418 g/mol. The van der Waals surface area contributed by atoms with Crippen molar-refractivity contribution >= 4 is 17.8 Å². The lowest BCUT2D eigenvalue weighted by atomic mass is 10.2. The average Bonchev–Trinajstić information content (AvgIpc) is 2.79. The Morgan fingerprint density at radius 1 is 0.839 bits per heavy atom. The van der Waals surface area contributed by atoms with Crippen molar-refractivity contribution in [2.45, 2.75) is 111 Å². The zero-order valence-corrected chi connectivity index (χ0v) is 25.0. The lowest BCUT2D eigenvalue weighted by Gasteiger charge is -2.47. The van der Waals surface area contributed by atoms with Gasteiger partial charge in [0.05, 0.1) is 9.52 Å². The lowest BCUT2D eigenvalue weighted by molar-refractivity contribution is -0.0828. The number of rotatable bonds is 21. The first-order valence-corrected chi connectivity index (χ1v) is 17.8. The van der Waals surface area contributed by atoms with E-state index in [1.54, 1.807) is 0 Å². The Balaban J connectivity index is 5.10. The summed E-state index contributed by atoms with van der Waals surface area (Å²) >= 11 is 0. The Labute approximate surface area is 198 Å². The van der Waals surface area contributed by atoms with Crippen LogP contribution in [0.25, 0.3) is 0 Å². The van der Waals surface area contributed by atoms with E-state index in [0.29, 0.717) is 12.1 Å². The van der Waals surface area contributed by atoms with Crippen molar-refractivity contribution in [1.29, 1.82) is 0 Å². The second kappa shape index (κ2) is 18.6. The zero-order valence-electron chi connectivity index (χ0n) is 22.6. The summed E-state index contributed by atoms with van der Waals surface area (Å²) in [6.45, 7) is 28.1. The van der Waals surface area contributed by atoms with Gasteiger partial charge in [-0.05, 0) is 57.5 Å². The van der Waals surface area contributed by atoms with E-state index in [1.165, 1.54) is 43.7 Å². The Bertz CT molecular complexity index is 396. The van der Waals surface area contributed by atoms with Crippen LogP contribution in [0.15, 0.2) is 0 Å². The van der Waals surface area contributed by atoms with E-state index in [1.807, 2.05) is 0 Å². The summed E-state index contributed by atoms with van der Waals surface area (Å²) in [6, 6.07) is 6.49. The van der Waals surface area contributed by atoms with Crippen LogP contribution >= 0.6 is 0 Å². The quantitative estimate of drug-likeness (QED) is 0.197. The van der Waals surface area contributed by atoms with Gasteiger partial charge in [-0.2, -0.15) is 0 Å². The maximum absolute atomic E-state index is 5.79. The molecular formula is C24H57N3O2Si2. The van der Waals surface area contributed by atoms with E-state index in [-0.39, 0.29) is 5.91 Å². The first-order chi connectivity index (χ1) is 14.9. The van der Waals surface area contributed by atoms with Crippen LogP contribution in [0.3, 0.4) is 0 Å². The molecule has 0 saturated carbocycles. The minimum atomic E-state index is -1.42. The number of hydrogen-bond acceptors (Lipinski definition) is 5. The molecule has 0 aliphatic carbocycles. The third-order valence-electron chi connectivity index (χ3n) is 7.29. The Morgan fingerprint density at radius 3 is 1.81 bits per heavy atom. The van der Waals surface area contributed by atoms with E-state index in [9.17, 15) is 0 Å². The number of nitrogens with zero attached hydrogens (tertiary/aromatic N) is 2. The molecule has 0 heterocycles. The largest absolute Gasteiger partial charge is 0.357 e. The second-order valence-electron chi connectivity index (χ2n) is 8.79. The topological polar surface area (TPSA) is 37.0 Å². The first-order valence-electron chi connectivity index (χ1n) is 13.4. The van der Waals surface area contributed by atoms with Crippen LogP contribution in [-0.4, -0.2) is 91.2 Å².